The first-order chi connectivity index (χ1) is 15.2. The Kier molecular flexibility index (Phi) is 7.53. The summed E-state index contributed by atoms with van der Waals surface area (Å²) in [7, 11) is 0. The molecule has 0 amide bonds. The number of halogens is 4. The molecule has 0 unspecified atom stereocenters. The second-order valence-corrected chi connectivity index (χ2v) is 8.13. The van der Waals surface area contributed by atoms with E-state index in [-0.39, 0.29) is 11.1 Å². The predicted octanol–water partition coefficient (Wildman–Crippen LogP) is 8.46. The van der Waals surface area contributed by atoms with Crippen LogP contribution in [0.1, 0.15) is 22.3 Å². The second-order valence-electron chi connectivity index (χ2n) is 6.50. The third-order valence-electron chi connectivity index (χ3n) is 4.37. The van der Waals surface area contributed by atoms with Gasteiger partial charge in [-0.3, -0.25) is 20.2 Å². The third kappa shape index (κ3) is 5.66. The van der Waals surface area contributed by atoms with Crippen molar-refractivity contribution in [2.24, 2.45) is 0 Å². The van der Waals surface area contributed by atoms with E-state index in [0.717, 1.165) is 6.07 Å². The van der Waals surface area contributed by atoms with E-state index in [9.17, 15) is 20.2 Å². The van der Waals surface area contributed by atoms with Crippen molar-refractivity contribution in [3.63, 3.8) is 0 Å². The number of hydrogen-bond acceptors (Lipinski definition) is 4. The molecule has 32 heavy (non-hydrogen) atoms. The highest BCUT2D eigenvalue weighted by Gasteiger charge is 2.22. The Hall–Kier alpha value is -2.90. The van der Waals surface area contributed by atoms with Crippen LogP contribution in [0.5, 0.6) is 0 Å². The van der Waals surface area contributed by atoms with Crippen LogP contribution in [0, 0.1) is 20.2 Å². The second kappa shape index (κ2) is 10.1. The third-order valence-corrected chi connectivity index (χ3v) is 5.85. The molecule has 3 rings (SSSR count). The molecule has 0 aromatic heterocycles. The molecule has 3 aromatic rings. The smallest absolute Gasteiger partial charge is 0.258 e. The van der Waals surface area contributed by atoms with E-state index in [1.165, 1.54) is 18.2 Å². The lowest BCUT2D eigenvalue weighted by molar-refractivity contribution is -0.394. The topological polar surface area (TPSA) is 86.3 Å². The minimum atomic E-state index is -0.673. The highest BCUT2D eigenvalue weighted by atomic mass is 35.5. The van der Waals surface area contributed by atoms with Crippen molar-refractivity contribution in [3.8, 4) is 0 Å². The lowest BCUT2D eigenvalue weighted by atomic mass is 10.0. The maximum absolute atomic E-state index is 11.5. The van der Waals surface area contributed by atoms with Crippen LogP contribution in [0.4, 0.5) is 11.4 Å². The van der Waals surface area contributed by atoms with Crippen LogP contribution in [-0.4, -0.2) is 9.85 Å². The van der Waals surface area contributed by atoms with Gasteiger partial charge in [-0.1, -0.05) is 70.7 Å². The lowest BCUT2D eigenvalue weighted by Gasteiger charge is -2.04. The molecular formula is C22H12Cl4N2O4. The molecule has 0 saturated carbocycles. The van der Waals surface area contributed by atoms with Gasteiger partial charge in [-0.2, -0.15) is 0 Å². The fourth-order valence-electron chi connectivity index (χ4n) is 2.80. The van der Waals surface area contributed by atoms with Crippen molar-refractivity contribution in [3.05, 3.63) is 111 Å². The van der Waals surface area contributed by atoms with E-state index >= 15 is 0 Å². The SMILES string of the molecule is O=[N+]([O-])c1cc([N+](=O)[O-])c(C=Cc2ccc(Cl)c(Cl)c2)cc1C=Cc1ccc(Cl)c(Cl)c1. The van der Waals surface area contributed by atoms with Crippen molar-refractivity contribution in [2.75, 3.05) is 0 Å². The van der Waals surface area contributed by atoms with E-state index in [2.05, 4.69) is 0 Å². The number of hydrogen-bond donors (Lipinski definition) is 0. The summed E-state index contributed by atoms with van der Waals surface area (Å²) in [6, 6.07) is 12.1. The quantitative estimate of drug-likeness (QED) is 0.189. The number of rotatable bonds is 6. The Morgan fingerprint density at radius 2 is 0.969 bits per heavy atom. The zero-order chi connectivity index (χ0) is 23.4. The van der Waals surface area contributed by atoms with E-state index < -0.39 is 21.2 Å². The number of nitro groups is 2. The molecule has 0 N–H and O–H groups in total. The van der Waals surface area contributed by atoms with Crippen LogP contribution in [0.25, 0.3) is 24.3 Å². The van der Waals surface area contributed by atoms with Crippen LogP contribution in [0.2, 0.25) is 20.1 Å². The molecule has 0 atom stereocenters. The lowest BCUT2D eigenvalue weighted by Crippen LogP contribution is -1.98. The van der Waals surface area contributed by atoms with Gasteiger partial charge in [0.2, 0.25) is 0 Å². The van der Waals surface area contributed by atoms with E-state index in [4.69, 9.17) is 46.4 Å². The molecule has 0 aliphatic rings. The fraction of sp³-hybridized carbons (Fsp3) is 0. The van der Waals surface area contributed by atoms with Crippen LogP contribution >= 0.6 is 46.4 Å². The highest BCUT2D eigenvalue weighted by molar-refractivity contribution is 6.42. The summed E-state index contributed by atoms with van der Waals surface area (Å²) in [5.41, 5.74) is 0.861. The van der Waals surface area contributed by atoms with Gasteiger partial charge in [0.05, 0.1) is 47.1 Å². The summed E-state index contributed by atoms with van der Waals surface area (Å²) in [5, 5.41) is 24.5. The molecule has 0 heterocycles. The van der Waals surface area contributed by atoms with Crippen molar-refractivity contribution in [2.45, 2.75) is 0 Å². The van der Waals surface area contributed by atoms with Gasteiger partial charge in [0.1, 0.15) is 0 Å². The first-order valence-electron chi connectivity index (χ1n) is 8.89. The molecule has 162 valence electrons. The molecule has 0 aliphatic carbocycles. The summed E-state index contributed by atoms with van der Waals surface area (Å²) >= 11 is 23.8. The van der Waals surface area contributed by atoms with Gasteiger partial charge in [0.25, 0.3) is 11.4 Å². The first-order valence-corrected chi connectivity index (χ1v) is 10.4. The summed E-state index contributed by atoms with van der Waals surface area (Å²) in [6.07, 6.45) is 6.17. The van der Waals surface area contributed by atoms with Crippen molar-refractivity contribution in [1.82, 2.24) is 0 Å². The molecule has 0 aliphatic heterocycles. The highest BCUT2D eigenvalue weighted by Crippen LogP contribution is 2.32. The number of nitro benzene ring substituents is 2. The molecular weight excluding hydrogens is 498 g/mol. The van der Waals surface area contributed by atoms with Gasteiger partial charge in [-0.25, -0.2) is 0 Å². The van der Waals surface area contributed by atoms with Crippen LogP contribution in [0.3, 0.4) is 0 Å². The minimum Gasteiger partial charge on any atom is -0.258 e. The van der Waals surface area contributed by atoms with Crippen LogP contribution in [0.15, 0.2) is 48.5 Å². The fourth-order valence-corrected chi connectivity index (χ4v) is 3.41. The average Bonchev–Trinajstić information content (AvgIpc) is 2.74. The maximum atomic E-state index is 11.5. The number of nitrogens with zero attached hydrogens (tertiary/aromatic N) is 2. The van der Waals surface area contributed by atoms with Gasteiger partial charge in [-0.05, 0) is 53.6 Å². The Labute approximate surface area is 202 Å². The summed E-state index contributed by atoms with van der Waals surface area (Å²) in [6.45, 7) is 0. The van der Waals surface area contributed by atoms with Gasteiger partial charge in [-0.15, -0.1) is 0 Å². The standard InChI is InChI=1S/C22H12Cl4N2O4/c23-17-7-3-13(9-19(17)25)1-5-15-11-16(22(28(31)32)12-21(15)27(29)30)6-2-14-4-8-18(24)20(26)10-14/h1-12H. The monoisotopic (exact) mass is 508 g/mol. The molecule has 10 heteroatoms. The summed E-state index contributed by atoms with van der Waals surface area (Å²) in [5.74, 6) is 0. The summed E-state index contributed by atoms with van der Waals surface area (Å²) in [4.78, 5) is 21.7. The Balaban J connectivity index is 2.07. The first kappa shape index (κ1) is 23.8. The largest absolute Gasteiger partial charge is 0.283 e. The maximum Gasteiger partial charge on any atom is 0.283 e. The van der Waals surface area contributed by atoms with Crippen LogP contribution in [-0.2, 0) is 0 Å². The zero-order valence-electron chi connectivity index (χ0n) is 16.0. The van der Waals surface area contributed by atoms with Crippen LogP contribution < -0.4 is 0 Å². The van der Waals surface area contributed by atoms with Gasteiger partial charge in [0, 0.05) is 0 Å². The Bertz CT molecular complexity index is 1190. The minimum absolute atomic E-state index is 0.181. The van der Waals surface area contributed by atoms with Crippen molar-refractivity contribution < 1.29 is 9.85 Å². The molecule has 0 spiro atoms. The molecule has 0 radical (unpaired) electrons. The Morgan fingerprint density at radius 1 is 0.562 bits per heavy atom. The average molecular weight is 510 g/mol. The number of benzene rings is 3. The van der Waals surface area contributed by atoms with E-state index in [1.54, 1.807) is 48.6 Å². The Morgan fingerprint density at radius 3 is 1.31 bits per heavy atom. The molecule has 0 fully saturated rings. The van der Waals surface area contributed by atoms with Gasteiger partial charge < -0.3 is 0 Å². The van der Waals surface area contributed by atoms with E-state index in [0.29, 0.717) is 31.2 Å². The van der Waals surface area contributed by atoms with Crippen molar-refractivity contribution in [1.29, 1.82) is 0 Å². The van der Waals surface area contributed by atoms with Crippen molar-refractivity contribution >= 4 is 82.1 Å². The van der Waals surface area contributed by atoms with Gasteiger partial charge >= 0.3 is 0 Å². The molecule has 0 bridgehead atoms. The predicted molar refractivity (Wildman–Crippen MR) is 131 cm³/mol. The van der Waals surface area contributed by atoms with E-state index in [1.807, 2.05) is 0 Å². The molecule has 6 nitrogen and oxygen atoms in total. The summed E-state index contributed by atoms with van der Waals surface area (Å²) < 4.78 is 0. The molecule has 0 saturated heterocycles. The zero-order valence-corrected chi connectivity index (χ0v) is 19.0. The molecule has 3 aromatic carbocycles. The normalized spacial score (nSPS) is 11.4. The van der Waals surface area contributed by atoms with Gasteiger partial charge in [0.15, 0.2) is 0 Å².